The summed E-state index contributed by atoms with van der Waals surface area (Å²) < 4.78 is 5.21. The molecule has 1 aliphatic heterocycles. The van der Waals surface area contributed by atoms with Gasteiger partial charge < -0.3 is 9.72 Å². The fourth-order valence-electron chi connectivity index (χ4n) is 1.75. The second-order valence-corrected chi connectivity index (χ2v) is 5.20. The van der Waals surface area contributed by atoms with Crippen LogP contribution in [0, 0.1) is 0 Å². The Labute approximate surface area is 103 Å². The van der Waals surface area contributed by atoms with E-state index in [0.29, 0.717) is 11.3 Å². The molecule has 0 aliphatic carbocycles. The number of ether oxygens (including phenoxy) is 1. The highest BCUT2D eigenvalue weighted by Crippen LogP contribution is 2.19. The lowest BCUT2D eigenvalue weighted by Gasteiger charge is -2.23. The molecule has 1 aliphatic rings. The number of H-pyrrole nitrogens is 2. The number of hydrogen-bond donors (Lipinski definition) is 2. The number of nitrogens with one attached hydrogen (secondary N) is 2. The van der Waals surface area contributed by atoms with E-state index in [4.69, 9.17) is 4.74 Å². The van der Waals surface area contributed by atoms with Crippen LogP contribution in [0.2, 0.25) is 0 Å². The van der Waals surface area contributed by atoms with Gasteiger partial charge in [-0.15, -0.1) is 0 Å². The Morgan fingerprint density at radius 1 is 1.22 bits per heavy atom. The number of aromatic amines is 2. The van der Waals surface area contributed by atoms with Crippen molar-refractivity contribution < 1.29 is 9.53 Å². The molecule has 2 N–H and O–H groups in total. The molecule has 18 heavy (non-hydrogen) atoms. The zero-order chi connectivity index (χ0) is 13.5. The molecule has 1 aromatic rings. The normalized spacial score (nSPS) is 14.5. The number of aromatic nitrogens is 2. The van der Waals surface area contributed by atoms with Crippen molar-refractivity contribution in [2.45, 2.75) is 39.5 Å². The molecule has 0 radical (unpaired) electrons. The predicted molar refractivity (Wildman–Crippen MR) is 63.2 cm³/mol. The zero-order valence-corrected chi connectivity index (χ0v) is 10.5. The molecule has 0 saturated carbocycles. The van der Waals surface area contributed by atoms with Crippen LogP contribution < -0.4 is 11.2 Å². The van der Waals surface area contributed by atoms with Gasteiger partial charge in [-0.2, -0.15) is 0 Å². The summed E-state index contributed by atoms with van der Waals surface area (Å²) in [6, 6.07) is 0. The fraction of sp³-hybridized carbons (Fsp3) is 0.545. The summed E-state index contributed by atoms with van der Waals surface area (Å²) in [6.45, 7) is 5.63. The summed E-state index contributed by atoms with van der Waals surface area (Å²) in [5.41, 5.74) is -0.745. The Kier molecular flexibility index (Phi) is 2.76. The van der Waals surface area contributed by atoms with Crippen LogP contribution >= 0.6 is 0 Å². The highest BCUT2D eigenvalue weighted by atomic mass is 16.6. The smallest absolute Gasteiger partial charge is 0.410 e. The number of carbonyl (C=O) groups is 1. The standard InChI is InChI=1S/C11H15N3O4/c1-11(2,3)18-10(17)14-4-6-7(5-14)12-9(16)13-8(6)15/h4-5H2,1-3H3,(H2,12,13,15,16). The average molecular weight is 253 g/mol. The first kappa shape index (κ1) is 12.4. The van der Waals surface area contributed by atoms with Crippen molar-refractivity contribution >= 4 is 6.09 Å². The van der Waals surface area contributed by atoms with E-state index >= 15 is 0 Å². The molecule has 0 unspecified atom stereocenters. The van der Waals surface area contributed by atoms with Gasteiger partial charge in [-0.05, 0) is 20.8 Å². The second-order valence-electron chi connectivity index (χ2n) is 5.20. The van der Waals surface area contributed by atoms with Crippen molar-refractivity contribution in [2.75, 3.05) is 0 Å². The number of hydrogen-bond acceptors (Lipinski definition) is 4. The highest BCUT2D eigenvalue weighted by Gasteiger charge is 2.29. The van der Waals surface area contributed by atoms with E-state index in [1.54, 1.807) is 20.8 Å². The van der Waals surface area contributed by atoms with Gasteiger partial charge in [-0.1, -0.05) is 0 Å². The molecule has 1 aromatic heterocycles. The van der Waals surface area contributed by atoms with Crippen LogP contribution in [0.5, 0.6) is 0 Å². The summed E-state index contributed by atoms with van der Waals surface area (Å²) >= 11 is 0. The van der Waals surface area contributed by atoms with Crippen molar-refractivity contribution in [1.29, 1.82) is 0 Å². The lowest BCUT2D eigenvalue weighted by Crippen LogP contribution is -2.33. The fourth-order valence-corrected chi connectivity index (χ4v) is 1.75. The first-order valence-electron chi connectivity index (χ1n) is 5.58. The van der Waals surface area contributed by atoms with Gasteiger partial charge in [0.25, 0.3) is 5.56 Å². The molecular weight excluding hydrogens is 238 g/mol. The lowest BCUT2D eigenvalue weighted by atomic mass is 10.2. The predicted octanol–water partition coefficient (Wildman–Crippen LogP) is 0.314. The van der Waals surface area contributed by atoms with Crippen LogP contribution in [0.25, 0.3) is 0 Å². The first-order chi connectivity index (χ1) is 8.26. The Balaban J connectivity index is 2.20. The van der Waals surface area contributed by atoms with Crippen molar-refractivity contribution in [2.24, 2.45) is 0 Å². The second kappa shape index (κ2) is 4.01. The molecule has 0 spiro atoms. The minimum Gasteiger partial charge on any atom is -0.444 e. The maximum Gasteiger partial charge on any atom is 0.410 e. The zero-order valence-electron chi connectivity index (χ0n) is 10.5. The monoisotopic (exact) mass is 253 g/mol. The van der Waals surface area contributed by atoms with Gasteiger partial charge in [0.05, 0.1) is 18.7 Å². The molecule has 98 valence electrons. The van der Waals surface area contributed by atoms with E-state index in [2.05, 4.69) is 9.97 Å². The van der Waals surface area contributed by atoms with Crippen molar-refractivity contribution in [3.05, 3.63) is 32.1 Å². The molecule has 0 bridgehead atoms. The molecule has 2 heterocycles. The first-order valence-corrected chi connectivity index (χ1v) is 5.58. The Morgan fingerprint density at radius 3 is 2.50 bits per heavy atom. The van der Waals surface area contributed by atoms with Crippen molar-refractivity contribution in [3.8, 4) is 0 Å². The summed E-state index contributed by atoms with van der Waals surface area (Å²) in [5.74, 6) is 0. The van der Waals surface area contributed by atoms with Crippen molar-refractivity contribution in [3.63, 3.8) is 0 Å². The number of nitrogens with zero attached hydrogens (tertiary/aromatic N) is 1. The third-order valence-electron chi connectivity index (χ3n) is 2.48. The third-order valence-corrected chi connectivity index (χ3v) is 2.48. The number of amides is 1. The molecule has 7 heteroatoms. The number of rotatable bonds is 0. The molecule has 0 atom stereocenters. The molecule has 1 amide bonds. The van der Waals surface area contributed by atoms with Gasteiger partial charge in [0.2, 0.25) is 0 Å². The highest BCUT2D eigenvalue weighted by molar-refractivity contribution is 5.69. The van der Waals surface area contributed by atoms with Gasteiger partial charge in [-0.25, -0.2) is 9.59 Å². The van der Waals surface area contributed by atoms with E-state index in [-0.39, 0.29) is 13.1 Å². The van der Waals surface area contributed by atoms with Gasteiger partial charge in [0, 0.05) is 5.69 Å². The summed E-state index contributed by atoms with van der Waals surface area (Å²) in [7, 11) is 0. The third kappa shape index (κ3) is 2.44. The van der Waals surface area contributed by atoms with Gasteiger partial charge in [-0.3, -0.25) is 14.7 Å². The van der Waals surface area contributed by atoms with Crippen LogP contribution in [0.15, 0.2) is 9.59 Å². The SMILES string of the molecule is CC(C)(C)OC(=O)N1Cc2[nH]c(=O)[nH]c(=O)c2C1. The Hall–Kier alpha value is -2.05. The molecule has 7 nitrogen and oxygen atoms in total. The minimum atomic E-state index is -0.592. The van der Waals surface area contributed by atoms with Gasteiger partial charge in [0.1, 0.15) is 5.60 Å². The quantitative estimate of drug-likeness (QED) is 0.695. The molecule has 0 aromatic carbocycles. The molecule has 2 rings (SSSR count). The molecule has 0 saturated heterocycles. The molecular formula is C11H15N3O4. The summed E-state index contributed by atoms with van der Waals surface area (Å²) in [5, 5.41) is 0. The summed E-state index contributed by atoms with van der Waals surface area (Å²) in [6.07, 6.45) is -0.501. The number of fused-ring (bicyclic) bond motifs is 1. The lowest BCUT2D eigenvalue weighted by molar-refractivity contribution is 0.0240. The molecule has 0 fully saturated rings. The van der Waals surface area contributed by atoms with Crippen LogP contribution in [0.4, 0.5) is 4.79 Å². The van der Waals surface area contributed by atoms with Crippen LogP contribution in [0.3, 0.4) is 0 Å². The van der Waals surface area contributed by atoms with E-state index < -0.39 is 22.9 Å². The van der Waals surface area contributed by atoms with Crippen LogP contribution in [0.1, 0.15) is 32.0 Å². The van der Waals surface area contributed by atoms with Crippen molar-refractivity contribution in [1.82, 2.24) is 14.9 Å². The van der Waals surface area contributed by atoms with Gasteiger partial charge >= 0.3 is 11.8 Å². The number of carbonyl (C=O) groups excluding carboxylic acids is 1. The van der Waals surface area contributed by atoms with E-state index in [1.165, 1.54) is 4.90 Å². The largest absolute Gasteiger partial charge is 0.444 e. The van der Waals surface area contributed by atoms with Gasteiger partial charge in [0.15, 0.2) is 0 Å². The summed E-state index contributed by atoms with van der Waals surface area (Å²) in [4.78, 5) is 40.5. The maximum absolute atomic E-state index is 11.8. The van der Waals surface area contributed by atoms with E-state index in [0.717, 1.165) is 0 Å². The van der Waals surface area contributed by atoms with Crippen LogP contribution in [-0.2, 0) is 17.8 Å². The van der Waals surface area contributed by atoms with E-state index in [9.17, 15) is 14.4 Å². The topological polar surface area (TPSA) is 95.3 Å². The van der Waals surface area contributed by atoms with E-state index in [1.807, 2.05) is 0 Å². The van der Waals surface area contributed by atoms with Crippen LogP contribution in [-0.4, -0.2) is 26.6 Å². The Bertz CT molecular complexity index is 594. The minimum absolute atomic E-state index is 0.149. The Morgan fingerprint density at radius 2 is 1.89 bits per heavy atom. The average Bonchev–Trinajstić information content (AvgIpc) is 2.58. The maximum atomic E-state index is 11.8.